The van der Waals surface area contributed by atoms with Gasteiger partial charge < -0.3 is 10.2 Å². The van der Waals surface area contributed by atoms with Crippen LogP contribution in [0.5, 0.6) is 0 Å². The summed E-state index contributed by atoms with van der Waals surface area (Å²) in [7, 11) is -4.26. The molecule has 2 atom stereocenters. The highest BCUT2D eigenvalue weighted by molar-refractivity contribution is 7.92. The van der Waals surface area contributed by atoms with Crippen molar-refractivity contribution in [1.82, 2.24) is 10.2 Å². The van der Waals surface area contributed by atoms with Crippen LogP contribution >= 0.6 is 34.8 Å². The van der Waals surface area contributed by atoms with Gasteiger partial charge in [-0.1, -0.05) is 78.1 Å². The fourth-order valence-corrected chi connectivity index (χ4v) is 5.85. The minimum atomic E-state index is -4.26. The van der Waals surface area contributed by atoms with E-state index >= 15 is 0 Å². The number of amides is 2. The summed E-state index contributed by atoms with van der Waals surface area (Å²) in [6.07, 6.45) is 0.702. The average molecular weight is 611 g/mol. The summed E-state index contributed by atoms with van der Waals surface area (Å²) < 4.78 is 28.5. The highest BCUT2D eigenvalue weighted by Crippen LogP contribution is 2.33. The molecule has 0 aliphatic heterocycles. The molecule has 0 saturated heterocycles. The van der Waals surface area contributed by atoms with Crippen molar-refractivity contribution >= 4 is 62.3 Å². The van der Waals surface area contributed by atoms with Crippen molar-refractivity contribution in [1.29, 1.82) is 0 Å². The molecule has 3 aromatic rings. The molecular formula is C28H30Cl3N3O4S. The fourth-order valence-electron chi connectivity index (χ4n) is 3.77. The van der Waals surface area contributed by atoms with Gasteiger partial charge in [-0.25, -0.2) is 8.42 Å². The summed E-state index contributed by atoms with van der Waals surface area (Å²) in [5, 5.41) is 3.63. The minimum absolute atomic E-state index is 0.0178. The van der Waals surface area contributed by atoms with Gasteiger partial charge in [0.25, 0.3) is 10.0 Å². The van der Waals surface area contributed by atoms with Gasteiger partial charge in [-0.05, 0) is 62.2 Å². The van der Waals surface area contributed by atoms with Crippen molar-refractivity contribution in [3.63, 3.8) is 0 Å². The lowest BCUT2D eigenvalue weighted by Gasteiger charge is -2.33. The Hall–Kier alpha value is -2.78. The Balaban J connectivity index is 2.07. The van der Waals surface area contributed by atoms with Crippen LogP contribution in [0.3, 0.4) is 0 Å². The second kappa shape index (κ2) is 13.5. The van der Waals surface area contributed by atoms with E-state index in [9.17, 15) is 18.0 Å². The van der Waals surface area contributed by atoms with Crippen LogP contribution in [0.2, 0.25) is 15.1 Å². The number of anilines is 1. The zero-order valence-corrected chi connectivity index (χ0v) is 24.9. The molecule has 1 N–H and O–H groups in total. The lowest BCUT2D eigenvalue weighted by molar-refractivity contribution is -0.139. The first-order chi connectivity index (χ1) is 18.4. The minimum Gasteiger partial charge on any atom is -0.352 e. The zero-order valence-electron chi connectivity index (χ0n) is 21.8. The molecule has 2 amide bonds. The predicted molar refractivity (Wildman–Crippen MR) is 157 cm³/mol. The molecule has 0 saturated carbocycles. The van der Waals surface area contributed by atoms with Gasteiger partial charge in [0.15, 0.2) is 0 Å². The third-order valence-electron chi connectivity index (χ3n) is 6.25. The molecule has 0 spiro atoms. The Morgan fingerprint density at radius 1 is 0.897 bits per heavy atom. The van der Waals surface area contributed by atoms with E-state index in [1.807, 2.05) is 13.8 Å². The SMILES string of the molecule is CCC(C)NC(=O)C(C)N(Cc1ccccc1Cl)C(=O)CN(c1cc(Cl)ccc1Cl)S(=O)(=O)c1ccccc1. The number of nitrogens with one attached hydrogen (secondary N) is 1. The number of hydrogen-bond donors (Lipinski definition) is 1. The maximum Gasteiger partial charge on any atom is 0.264 e. The maximum absolute atomic E-state index is 13.9. The molecule has 7 nitrogen and oxygen atoms in total. The van der Waals surface area contributed by atoms with Crippen molar-refractivity contribution < 1.29 is 18.0 Å². The number of carbonyl (C=O) groups excluding carboxylic acids is 2. The number of benzene rings is 3. The molecule has 0 aliphatic rings. The standard InChI is InChI=1S/C28H30Cl3N3O4S/c1-4-19(2)32-28(36)20(3)33(17-21-10-8-9-13-24(21)30)27(35)18-34(26-16-22(29)14-15-25(26)31)39(37,38)23-11-6-5-7-12-23/h5-16,19-20H,4,17-18H2,1-3H3,(H,32,36). The second-order valence-corrected chi connectivity index (χ2v) is 12.1. The van der Waals surface area contributed by atoms with Gasteiger partial charge >= 0.3 is 0 Å². The zero-order chi connectivity index (χ0) is 28.7. The first-order valence-electron chi connectivity index (χ1n) is 12.3. The highest BCUT2D eigenvalue weighted by atomic mass is 35.5. The van der Waals surface area contributed by atoms with Crippen LogP contribution in [0.25, 0.3) is 0 Å². The van der Waals surface area contributed by atoms with E-state index in [0.717, 1.165) is 4.31 Å². The number of rotatable bonds is 11. The van der Waals surface area contributed by atoms with E-state index < -0.39 is 28.5 Å². The van der Waals surface area contributed by atoms with Gasteiger partial charge in [-0.3, -0.25) is 13.9 Å². The van der Waals surface area contributed by atoms with Crippen LogP contribution in [0.1, 0.15) is 32.8 Å². The van der Waals surface area contributed by atoms with Crippen molar-refractivity contribution in [3.8, 4) is 0 Å². The Bertz CT molecular complexity index is 1420. The summed E-state index contributed by atoms with van der Waals surface area (Å²) in [6, 6.07) is 18.0. The van der Waals surface area contributed by atoms with Crippen LogP contribution in [0.4, 0.5) is 5.69 Å². The van der Waals surface area contributed by atoms with Gasteiger partial charge in [0.2, 0.25) is 11.8 Å². The Labute approximate surface area is 244 Å². The molecule has 2 unspecified atom stereocenters. The molecule has 0 fully saturated rings. The van der Waals surface area contributed by atoms with E-state index in [4.69, 9.17) is 34.8 Å². The van der Waals surface area contributed by atoms with Gasteiger partial charge in [0.1, 0.15) is 12.6 Å². The first-order valence-corrected chi connectivity index (χ1v) is 14.9. The van der Waals surface area contributed by atoms with Crippen LogP contribution in [0, 0.1) is 0 Å². The highest BCUT2D eigenvalue weighted by Gasteiger charge is 2.34. The first kappa shape index (κ1) is 30.8. The second-order valence-electron chi connectivity index (χ2n) is 9.03. The molecule has 0 aromatic heterocycles. The van der Waals surface area contributed by atoms with E-state index in [-0.39, 0.29) is 39.1 Å². The van der Waals surface area contributed by atoms with Gasteiger partial charge in [0, 0.05) is 22.6 Å². The van der Waals surface area contributed by atoms with Crippen LogP contribution < -0.4 is 9.62 Å². The Morgan fingerprint density at radius 2 is 1.54 bits per heavy atom. The van der Waals surface area contributed by atoms with Gasteiger partial charge in [0.05, 0.1) is 15.6 Å². The van der Waals surface area contributed by atoms with Crippen LogP contribution in [0.15, 0.2) is 77.7 Å². The van der Waals surface area contributed by atoms with Crippen LogP contribution in [-0.4, -0.2) is 43.8 Å². The molecule has 0 aliphatic carbocycles. The third-order valence-corrected chi connectivity index (χ3v) is 8.95. The van der Waals surface area contributed by atoms with E-state index in [0.29, 0.717) is 17.0 Å². The van der Waals surface area contributed by atoms with Crippen molar-refractivity contribution in [3.05, 3.63) is 93.4 Å². The molecule has 11 heteroatoms. The summed E-state index contributed by atoms with van der Waals surface area (Å²) in [4.78, 5) is 28.3. The lowest BCUT2D eigenvalue weighted by Crippen LogP contribution is -2.52. The topological polar surface area (TPSA) is 86.8 Å². The number of hydrogen-bond acceptors (Lipinski definition) is 4. The fraction of sp³-hybridized carbons (Fsp3) is 0.286. The van der Waals surface area contributed by atoms with E-state index in [2.05, 4.69) is 5.32 Å². The summed E-state index contributed by atoms with van der Waals surface area (Å²) in [5.74, 6) is -1.000. The summed E-state index contributed by atoms with van der Waals surface area (Å²) in [6.45, 7) is 4.73. The summed E-state index contributed by atoms with van der Waals surface area (Å²) >= 11 is 19.0. The normalized spacial score (nSPS) is 12.9. The van der Waals surface area contributed by atoms with Gasteiger partial charge in [-0.2, -0.15) is 0 Å². The number of carbonyl (C=O) groups is 2. The van der Waals surface area contributed by atoms with E-state index in [1.54, 1.807) is 49.4 Å². The predicted octanol–water partition coefficient (Wildman–Crippen LogP) is 6.17. The number of halogens is 3. The number of nitrogens with zero attached hydrogens (tertiary/aromatic N) is 2. The average Bonchev–Trinajstić information content (AvgIpc) is 2.92. The number of sulfonamides is 1. The van der Waals surface area contributed by atoms with Crippen molar-refractivity contribution in [2.24, 2.45) is 0 Å². The molecule has 0 radical (unpaired) electrons. The van der Waals surface area contributed by atoms with Crippen LogP contribution in [-0.2, 0) is 26.2 Å². The molecule has 39 heavy (non-hydrogen) atoms. The van der Waals surface area contributed by atoms with E-state index in [1.165, 1.54) is 35.2 Å². The lowest BCUT2D eigenvalue weighted by atomic mass is 10.1. The smallest absolute Gasteiger partial charge is 0.264 e. The van der Waals surface area contributed by atoms with Crippen molar-refractivity contribution in [2.75, 3.05) is 10.8 Å². The molecule has 3 rings (SSSR count). The Kier molecular flexibility index (Phi) is 10.7. The Morgan fingerprint density at radius 3 is 2.18 bits per heavy atom. The molecule has 0 heterocycles. The molecular weight excluding hydrogens is 581 g/mol. The van der Waals surface area contributed by atoms with Gasteiger partial charge in [-0.15, -0.1) is 0 Å². The molecule has 3 aromatic carbocycles. The largest absolute Gasteiger partial charge is 0.352 e. The third kappa shape index (κ3) is 7.66. The maximum atomic E-state index is 13.9. The monoisotopic (exact) mass is 609 g/mol. The summed E-state index contributed by atoms with van der Waals surface area (Å²) in [5.41, 5.74) is 0.643. The molecule has 0 bridgehead atoms. The van der Waals surface area contributed by atoms with Crippen molar-refractivity contribution in [2.45, 2.75) is 50.7 Å². The molecule has 208 valence electrons. The quantitative estimate of drug-likeness (QED) is 0.281.